The summed E-state index contributed by atoms with van der Waals surface area (Å²) in [7, 11) is -3.82. The fourth-order valence-electron chi connectivity index (χ4n) is 2.78. The van der Waals surface area contributed by atoms with Gasteiger partial charge in [-0.25, -0.2) is 13.6 Å². The molecule has 0 bridgehead atoms. The van der Waals surface area contributed by atoms with Crippen LogP contribution in [0.2, 0.25) is 0 Å². The highest BCUT2D eigenvalue weighted by Crippen LogP contribution is 2.27. The van der Waals surface area contributed by atoms with E-state index in [1.807, 2.05) is 11.8 Å². The second-order valence-corrected chi connectivity index (χ2v) is 7.63. The molecular formula is C14H19BrN2O3S. The van der Waals surface area contributed by atoms with Gasteiger partial charge in [0.15, 0.2) is 0 Å². The zero-order valence-corrected chi connectivity index (χ0v) is 14.3. The zero-order valence-electron chi connectivity index (χ0n) is 11.9. The number of carbonyl (C=O) groups excluding carboxylic acids is 1. The minimum absolute atomic E-state index is 0.0449. The molecule has 2 N–H and O–H groups in total. The molecule has 1 amide bonds. The van der Waals surface area contributed by atoms with Crippen molar-refractivity contribution in [3.05, 3.63) is 28.2 Å². The topological polar surface area (TPSA) is 80.5 Å². The SMILES string of the molecule is CCN(C(=O)c1cc(S(N)(=O)=O)ccc1Br)C1CCCC1. The lowest BCUT2D eigenvalue weighted by Crippen LogP contribution is -2.38. The molecule has 116 valence electrons. The molecule has 1 fully saturated rings. The standard InChI is InChI=1S/C14H19BrN2O3S/c1-2-17(10-5-3-4-6-10)14(18)12-9-11(21(16,19)20)7-8-13(12)15/h7-10H,2-6H2,1H3,(H2,16,19,20). The minimum atomic E-state index is -3.82. The molecule has 0 unspecified atom stereocenters. The first-order valence-electron chi connectivity index (χ1n) is 6.98. The lowest BCUT2D eigenvalue weighted by molar-refractivity contribution is 0.0692. The maximum Gasteiger partial charge on any atom is 0.255 e. The number of rotatable bonds is 4. The smallest absolute Gasteiger partial charge is 0.255 e. The molecule has 1 aromatic carbocycles. The Bertz CT molecular complexity index is 640. The van der Waals surface area contributed by atoms with Gasteiger partial charge in [0.2, 0.25) is 10.0 Å². The molecule has 5 nitrogen and oxygen atoms in total. The van der Waals surface area contributed by atoms with Crippen LogP contribution >= 0.6 is 15.9 Å². The highest BCUT2D eigenvalue weighted by atomic mass is 79.9. The summed E-state index contributed by atoms with van der Waals surface area (Å²) in [6, 6.07) is 4.53. The Morgan fingerprint density at radius 1 is 1.38 bits per heavy atom. The van der Waals surface area contributed by atoms with Crippen molar-refractivity contribution >= 4 is 31.9 Å². The van der Waals surface area contributed by atoms with Gasteiger partial charge in [0, 0.05) is 17.1 Å². The number of sulfonamides is 1. The molecule has 0 aromatic heterocycles. The summed E-state index contributed by atoms with van der Waals surface area (Å²) >= 11 is 3.32. The molecule has 1 aromatic rings. The van der Waals surface area contributed by atoms with Crippen LogP contribution in [0.4, 0.5) is 0 Å². The van der Waals surface area contributed by atoms with Crippen LogP contribution < -0.4 is 5.14 Å². The minimum Gasteiger partial charge on any atom is -0.336 e. The van der Waals surface area contributed by atoms with Crippen molar-refractivity contribution in [2.75, 3.05) is 6.54 Å². The Hall–Kier alpha value is -0.920. The predicted octanol–water partition coefficient (Wildman–Crippen LogP) is 2.50. The zero-order chi connectivity index (χ0) is 15.6. The number of nitrogens with zero attached hydrogens (tertiary/aromatic N) is 1. The molecule has 0 radical (unpaired) electrons. The highest BCUT2D eigenvalue weighted by molar-refractivity contribution is 9.10. The second-order valence-electron chi connectivity index (χ2n) is 5.22. The van der Waals surface area contributed by atoms with E-state index in [1.54, 1.807) is 6.07 Å². The van der Waals surface area contributed by atoms with Crippen LogP contribution in [0.3, 0.4) is 0 Å². The van der Waals surface area contributed by atoms with E-state index >= 15 is 0 Å². The van der Waals surface area contributed by atoms with Gasteiger partial charge < -0.3 is 4.90 Å². The van der Waals surface area contributed by atoms with Gasteiger partial charge in [-0.3, -0.25) is 4.79 Å². The molecule has 1 aliphatic rings. The summed E-state index contributed by atoms with van der Waals surface area (Å²) in [6.45, 7) is 2.54. The summed E-state index contributed by atoms with van der Waals surface area (Å²) in [4.78, 5) is 14.5. The van der Waals surface area contributed by atoms with Gasteiger partial charge in [-0.2, -0.15) is 0 Å². The molecule has 0 aliphatic heterocycles. The summed E-state index contributed by atoms with van der Waals surface area (Å²) in [5.41, 5.74) is 0.343. The Kier molecular flexibility index (Phi) is 5.06. The lowest BCUT2D eigenvalue weighted by atomic mass is 10.1. The van der Waals surface area contributed by atoms with Crippen molar-refractivity contribution in [1.82, 2.24) is 4.90 Å². The van der Waals surface area contributed by atoms with Gasteiger partial charge in [0.05, 0.1) is 10.5 Å². The number of amides is 1. The average molecular weight is 375 g/mol. The fraction of sp³-hybridized carbons (Fsp3) is 0.500. The first-order chi connectivity index (χ1) is 9.84. The van der Waals surface area contributed by atoms with E-state index in [0.717, 1.165) is 25.7 Å². The van der Waals surface area contributed by atoms with Gasteiger partial charge >= 0.3 is 0 Å². The van der Waals surface area contributed by atoms with Crippen LogP contribution in [0.5, 0.6) is 0 Å². The van der Waals surface area contributed by atoms with Crippen LogP contribution in [0.1, 0.15) is 43.0 Å². The quantitative estimate of drug-likeness (QED) is 0.878. The molecule has 1 saturated carbocycles. The Morgan fingerprint density at radius 3 is 2.52 bits per heavy atom. The molecule has 0 heterocycles. The molecule has 0 spiro atoms. The number of nitrogens with two attached hydrogens (primary N) is 1. The van der Waals surface area contributed by atoms with Crippen LogP contribution in [-0.2, 0) is 10.0 Å². The maximum absolute atomic E-state index is 12.7. The van der Waals surface area contributed by atoms with E-state index in [9.17, 15) is 13.2 Å². The average Bonchev–Trinajstić information content (AvgIpc) is 2.92. The third kappa shape index (κ3) is 3.64. The molecule has 1 aliphatic carbocycles. The maximum atomic E-state index is 12.7. The van der Waals surface area contributed by atoms with Crippen molar-refractivity contribution in [1.29, 1.82) is 0 Å². The summed E-state index contributed by atoms with van der Waals surface area (Å²) in [5, 5.41) is 5.14. The second kappa shape index (κ2) is 6.46. The van der Waals surface area contributed by atoms with E-state index in [2.05, 4.69) is 15.9 Å². The van der Waals surface area contributed by atoms with E-state index in [0.29, 0.717) is 16.6 Å². The van der Waals surface area contributed by atoms with Crippen LogP contribution in [-0.4, -0.2) is 31.8 Å². The van der Waals surface area contributed by atoms with Crippen molar-refractivity contribution < 1.29 is 13.2 Å². The predicted molar refractivity (Wildman–Crippen MR) is 84.5 cm³/mol. The molecular weight excluding hydrogens is 356 g/mol. The number of halogens is 1. The monoisotopic (exact) mass is 374 g/mol. The number of benzene rings is 1. The molecule has 2 rings (SSSR count). The first kappa shape index (κ1) is 16.5. The van der Waals surface area contributed by atoms with Crippen molar-refractivity contribution in [2.24, 2.45) is 5.14 Å². The van der Waals surface area contributed by atoms with Crippen LogP contribution in [0.15, 0.2) is 27.6 Å². The Morgan fingerprint density at radius 2 is 2.00 bits per heavy atom. The van der Waals surface area contributed by atoms with Crippen LogP contribution in [0, 0.1) is 0 Å². The lowest BCUT2D eigenvalue weighted by Gasteiger charge is -2.28. The summed E-state index contributed by atoms with van der Waals surface area (Å²) in [5.74, 6) is -0.151. The number of primary sulfonamides is 1. The van der Waals surface area contributed by atoms with Crippen molar-refractivity contribution in [3.63, 3.8) is 0 Å². The van der Waals surface area contributed by atoms with E-state index in [4.69, 9.17) is 5.14 Å². The summed E-state index contributed by atoms with van der Waals surface area (Å²) < 4.78 is 23.5. The van der Waals surface area contributed by atoms with E-state index in [1.165, 1.54) is 12.1 Å². The van der Waals surface area contributed by atoms with Crippen LogP contribution in [0.25, 0.3) is 0 Å². The number of hydrogen-bond donors (Lipinski definition) is 1. The van der Waals surface area contributed by atoms with E-state index < -0.39 is 10.0 Å². The Balaban J connectivity index is 2.37. The summed E-state index contributed by atoms with van der Waals surface area (Å²) in [6.07, 6.45) is 4.28. The largest absolute Gasteiger partial charge is 0.336 e. The molecule has 7 heteroatoms. The molecule has 0 saturated heterocycles. The fourth-order valence-corrected chi connectivity index (χ4v) is 3.74. The normalized spacial score (nSPS) is 16.1. The first-order valence-corrected chi connectivity index (χ1v) is 9.32. The van der Waals surface area contributed by atoms with Gasteiger partial charge in [0.25, 0.3) is 5.91 Å². The number of hydrogen-bond acceptors (Lipinski definition) is 3. The highest BCUT2D eigenvalue weighted by Gasteiger charge is 2.27. The van der Waals surface area contributed by atoms with E-state index in [-0.39, 0.29) is 16.8 Å². The molecule has 0 atom stereocenters. The third-order valence-corrected chi connectivity index (χ3v) is 5.47. The Labute approximate surface area is 133 Å². The number of carbonyl (C=O) groups is 1. The third-order valence-electron chi connectivity index (χ3n) is 3.86. The van der Waals surface area contributed by atoms with Gasteiger partial charge in [0.1, 0.15) is 0 Å². The van der Waals surface area contributed by atoms with Gasteiger partial charge in [-0.1, -0.05) is 12.8 Å². The van der Waals surface area contributed by atoms with Gasteiger partial charge in [-0.05, 0) is 53.9 Å². The van der Waals surface area contributed by atoms with Crippen molar-refractivity contribution in [3.8, 4) is 0 Å². The molecule has 21 heavy (non-hydrogen) atoms. The van der Waals surface area contributed by atoms with Crippen molar-refractivity contribution in [2.45, 2.75) is 43.5 Å². The van der Waals surface area contributed by atoms with Gasteiger partial charge in [-0.15, -0.1) is 0 Å².